The number of pyridine rings is 1. The average Bonchev–Trinajstić information content (AvgIpc) is 3.06. The Bertz CT molecular complexity index is 1100. The van der Waals surface area contributed by atoms with Crippen LogP contribution in [0.4, 0.5) is 10.5 Å². The van der Waals surface area contributed by atoms with E-state index < -0.39 is 11.6 Å². The first kappa shape index (κ1) is 17.1. The maximum absolute atomic E-state index is 12.8. The molecule has 1 aliphatic rings. The summed E-state index contributed by atoms with van der Waals surface area (Å²) < 4.78 is 1.66. The fourth-order valence-corrected chi connectivity index (χ4v) is 4.06. The van der Waals surface area contributed by atoms with Crippen molar-refractivity contribution >= 4 is 33.5 Å². The SMILES string of the molecule is N#Cc1ccc(N2CCN(C(=O)n3sc4c(ccc[n+]4[O-])c3=O)CC2)cc1. The molecule has 3 aromatic rings. The maximum Gasteiger partial charge on any atom is 0.341 e. The lowest BCUT2D eigenvalue weighted by atomic mass is 10.2. The van der Waals surface area contributed by atoms with Crippen LogP contribution in [0.25, 0.3) is 10.2 Å². The van der Waals surface area contributed by atoms with E-state index in [1.165, 1.54) is 12.3 Å². The summed E-state index contributed by atoms with van der Waals surface area (Å²) in [5.41, 5.74) is 1.14. The van der Waals surface area contributed by atoms with E-state index in [0.717, 1.165) is 21.2 Å². The van der Waals surface area contributed by atoms with Crippen molar-refractivity contribution in [2.24, 2.45) is 0 Å². The second kappa shape index (κ2) is 6.74. The number of amides is 1. The lowest BCUT2D eigenvalue weighted by Crippen LogP contribution is -2.50. The van der Waals surface area contributed by atoms with E-state index >= 15 is 0 Å². The van der Waals surface area contributed by atoms with Gasteiger partial charge in [0.05, 0.1) is 11.6 Å². The van der Waals surface area contributed by atoms with Gasteiger partial charge in [-0.1, -0.05) is 0 Å². The number of benzene rings is 1. The number of fused-ring (bicyclic) bond motifs is 1. The minimum atomic E-state index is -0.459. The molecule has 27 heavy (non-hydrogen) atoms. The molecule has 1 aliphatic heterocycles. The summed E-state index contributed by atoms with van der Waals surface area (Å²) in [7, 11) is 0. The fourth-order valence-electron chi connectivity index (χ4n) is 3.12. The third-order valence-corrected chi connectivity index (χ3v) is 5.67. The van der Waals surface area contributed by atoms with E-state index in [-0.39, 0.29) is 10.2 Å². The van der Waals surface area contributed by atoms with Crippen molar-refractivity contribution in [3.05, 3.63) is 63.7 Å². The number of hydrogen-bond acceptors (Lipinski definition) is 6. The average molecular weight is 381 g/mol. The standard InChI is InChI=1S/C18H15N5O3S/c19-12-13-3-5-14(6-4-13)20-8-10-21(11-9-20)18(25)23-16(24)15-2-1-7-22(26)17(15)27-23/h1-7H,8-11H2. The van der Waals surface area contributed by atoms with Crippen LogP contribution in [-0.2, 0) is 0 Å². The molecule has 1 fully saturated rings. The molecule has 9 heteroatoms. The smallest absolute Gasteiger partial charge is 0.341 e. The van der Waals surface area contributed by atoms with Gasteiger partial charge in [0.25, 0.3) is 5.56 Å². The highest BCUT2D eigenvalue weighted by molar-refractivity contribution is 7.13. The Morgan fingerprint density at radius 3 is 2.48 bits per heavy atom. The van der Waals surface area contributed by atoms with Crippen LogP contribution in [0, 0.1) is 16.5 Å². The van der Waals surface area contributed by atoms with E-state index in [2.05, 4.69) is 11.0 Å². The molecule has 0 radical (unpaired) electrons. The first-order valence-electron chi connectivity index (χ1n) is 8.37. The van der Waals surface area contributed by atoms with Crippen molar-refractivity contribution in [1.29, 1.82) is 5.26 Å². The number of aromatic nitrogens is 2. The molecule has 0 spiro atoms. The first-order chi connectivity index (χ1) is 13.1. The quantitative estimate of drug-likeness (QED) is 0.468. The molecule has 4 rings (SSSR count). The summed E-state index contributed by atoms with van der Waals surface area (Å²) in [4.78, 5) is 29.2. The minimum Gasteiger partial charge on any atom is -0.618 e. The van der Waals surface area contributed by atoms with Crippen molar-refractivity contribution in [1.82, 2.24) is 8.86 Å². The van der Waals surface area contributed by atoms with Gasteiger partial charge >= 0.3 is 10.9 Å². The Kier molecular flexibility index (Phi) is 4.25. The van der Waals surface area contributed by atoms with Gasteiger partial charge in [-0.25, -0.2) is 4.79 Å². The third kappa shape index (κ3) is 3.00. The zero-order valence-corrected chi connectivity index (χ0v) is 15.1. The van der Waals surface area contributed by atoms with Gasteiger partial charge in [-0.2, -0.15) is 13.9 Å². The number of rotatable bonds is 1. The van der Waals surface area contributed by atoms with Crippen LogP contribution >= 0.6 is 11.5 Å². The zero-order valence-electron chi connectivity index (χ0n) is 14.2. The van der Waals surface area contributed by atoms with Crippen LogP contribution in [0.15, 0.2) is 47.4 Å². The number of piperazine rings is 1. The maximum atomic E-state index is 12.8. The highest BCUT2D eigenvalue weighted by Crippen LogP contribution is 2.18. The number of hydrogen-bond donors (Lipinski definition) is 0. The van der Waals surface area contributed by atoms with Crippen LogP contribution in [0.5, 0.6) is 0 Å². The summed E-state index contributed by atoms with van der Waals surface area (Å²) >= 11 is 0.873. The number of carbonyl (C=O) groups is 1. The Morgan fingerprint density at radius 1 is 1.15 bits per heavy atom. The van der Waals surface area contributed by atoms with Gasteiger partial charge in [0.1, 0.15) is 5.39 Å². The molecule has 0 saturated carbocycles. The number of anilines is 1. The molecular weight excluding hydrogens is 366 g/mol. The van der Waals surface area contributed by atoms with Gasteiger partial charge in [0.2, 0.25) is 0 Å². The van der Waals surface area contributed by atoms with Crippen LogP contribution < -0.4 is 15.2 Å². The van der Waals surface area contributed by atoms with E-state index in [4.69, 9.17) is 5.26 Å². The monoisotopic (exact) mass is 381 g/mol. The molecule has 1 aromatic carbocycles. The van der Waals surface area contributed by atoms with Gasteiger partial charge in [-0.3, -0.25) is 4.79 Å². The molecule has 0 bridgehead atoms. The normalized spacial score (nSPS) is 14.3. The van der Waals surface area contributed by atoms with Crippen molar-refractivity contribution in [2.75, 3.05) is 31.1 Å². The van der Waals surface area contributed by atoms with Gasteiger partial charge in [0.15, 0.2) is 6.20 Å². The lowest BCUT2D eigenvalue weighted by Gasteiger charge is -2.35. The molecular formula is C18H15N5O3S. The van der Waals surface area contributed by atoms with E-state index in [1.54, 1.807) is 23.1 Å². The highest BCUT2D eigenvalue weighted by atomic mass is 32.1. The fraction of sp³-hybridized carbons (Fsp3) is 0.222. The Balaban J connectivity index is 1.50. The Labute approximate surface area is 158 Å². The minimum absolute atomic E-state index is 0.229. The number of nitriles is 1. The Hall–Kier alpha value is -3.38. The molecule has 0 unspecified atom stereocenters. The number of carbonyl (C=O) groups excluding carboxylic acids is 1. The predicted octanol–water partition coefficient (Wildman–Crippen LogP) is 1.36. The van der Waals surface area contributed by atoms with Gasteiger partial charge < -0.3 is 15.0 Å². The van der Waals surface area contributed by atoms with Crippen LogP contribution in [0.2, 0.25) is 0 Å². The largest absolute Gasteiger partial charge is 0.618 e. The van der Waals surface area contributed by atoms with E-state index in [1.807, 2.05) is 12.1 Å². The summed E-state index contributed by atoms with van der Waals surface area (Å²) in [5.74, 6) is 0. The zero-order chi connectivity index (χ0) is 19.0. The second-order valence-corrected chi connectivity index (χ2v) is 7.09. The van der Waals surface area contributed by atoms with Crippen molar-refractivity contribution in [2.45, 2.75) is 0 Å². The summed E-state index contributed by atoms with van der Waals surface area (Å²) in [5, 5.41) is 20.9. The molecule has 8 nitrogen and oxygen atoms in total. The van der Waals surface area contributed by atoms with E-state index in [9.17, 15) is 14.8 Å². The molecule has 3 heterocycles. The van der Waals surface area contributed by atoms with Gasteiger partial charge in [0, 0.05) is 49.5 Å². The second-order valence-electron chi connectivity index (χ2n) is 6.16. The van der Waals surface area contributed by atoms with E-state index in [0.29, 0.717) is 36.5 Å². The first-order valence-corrected chi connectivity index (χ1v) is 9.14. The van der Waals surface area contributed by atoms with Crippen LogP contribution in [-0.4, -0.2) is 41.1 Å². The predicted molar refractivity (Wildman–Crippen MR) is 101 cm³/mol. The highest BCUT2D eigenvalue weighted by Gasteiger charge is 2.26. The third-order valence-electron chi connectivity index (χ3n) is 4.59. The molecule has 136 valence electrons. The topological polar surface area (TPSA) is 96.3 Å². The number of nitrogens with zero attached hydrogens (tertiary/aromatic N) is 5. The van der Waals surface area contributed by atoms with Gasteiger partial charge in [-0.05, 0) is 30.3 Å². The van der Waals surface area contributed by atoms with Crippen molar-refractivity contribution in [3.8, 4) is 6.07 Å². The van der Waals surface area contributed by atoms with Crippen molar-refractivity contribution < 1.29 is 9.52 Å². The lowest BCUT2D eigenvalue weighted by molar-refractivity contribution is -0.574. The van der Waals surface area contributed by atoms with Crippen molar-refractivity contribution in [3.63, 3.8) is 0 Å². The summed E-state index contributed by atoms with van der Waals surface area (Å²) in [6.45, 7) is 2.19. The molecule has 2 aromatic heterocycles. The molecule has 1 amide bonds. The molecule has 0 aliphatic carbocycles. The molecule has 0 N–H and O–H groups in total. The molecule has 1 saturated heterocycles. The molecule has 0 atom stereocenters. The van der Waals surface area contributed by atoms with Crippen LogP contribution in [0.3, 0.4) is 0 Å². The van der Waals surface area contributed by atoms with Crippen LogP contribution in [0.1, 0.15) is 5.56 Å². The Morgan fingerprint density at radius 2 is 1.85 bits per heavy atom. The van der Waals surface area contributed by atoms with Gasteiger partial charge in [-0.15, -0.1) is 0 Å². The summed E-state index contributed by atoms with van der Waals surface area (Å²) in [6.07, 6.45) is 1.31. The summed E-state index contributed by atoms with van der Waals surface area (Å²) in [6, 6.07) is 12.0.